The number of nitrogens with one attached hydrogen (secondary N) is 1. The summed E-state index contributed by atoms with van der Waals surface area (Å²) in [6.07, 6.45) is 6.08. The quantitative estimate of drug-likeness (QED) is 0.735. The van der Waals surface area contributed by atoms with Crippen molar-refractivity contribution in [2.45, 2.75) is 70.4 Å². The molecule has 1 heterocycles. The summed E-state index contributed by atoms with van der Waals surface area (Å²) >= 11 is 0. The van der Waals surface area contributed by atoms with Crippen molar-refractivity contribution in [3.05, 3.63) is 29.6 Å². The third kappa shape index (κ3) is 3.67. The van der Waals surface area contributed by atoms with Crippen LogP contribution in [0.2, 0.25) is 0 Å². The van der Waals surface area contributed by atoms with E-state index in [4.69, 9.17) is 16.2 Å². The van der Waals surface area contributed by atoms with Gasteiger partial charge < -0.3 is 21.5 Å². The minimum absolute atomic E-state index is 0.113. The van der Waals surface area contributed by atoms with E-state index in [0.717, 1.165) is 53.8 Å². The molecule has 0 aliphatic heterocycles. The zero-order chi connectivity index (χ0) is 20.8. The third-order valence-electron chi connectivity index (χ3n) is 6.02. The van der Waals surface area contributed by atoms with Gasteiger partial charge in [0.05, 0.1) is 17.5 Å². The van der Waals surface area contributed by atoms with E-state index in [-0.39, 0.29) is 23.5 Å². The van der Waals surface area contributed by atoms with E-state index in [1.54, 1.807) is 0 Å². The Kier molecular flexibility index (Phi) is 4.94. The van der Waals surface area contributed by atoms with Crippen molar-refractivity contribution in [3.63, 3.8) is 0 Å². The van der Waals surface area contributed by atoms with Gasteiger partial charge in [0.15, 0.2) is 0 Å². The number of anilines is 2. The number of nitrogens with two attached hydrogens (primary N) is 2. The molecule has 0 radical (unpaired) electrons. The van der Waals surface area contributed by atoms with Crippen LogP contribution in [0.4, 0.5) is 11.5 Å². The molecule has 7 nitrogen and oxygen atoms in total. The molecule has 1 aromatic carbocycles. The zero-order valence-corrected chi connectivity index (χ0v) is 17.3. The molecule has 0 saturated heterocycles. The van der Waals surface area contributed by atoms with Gasteiger partial charge in [0.2, 0.25) is 5.91 Å². The first-order valence-electron chi connectivity index (χ1n) is 10.2. The number of ether oxygens (including phenoxy) is 1. The van der Waals surface area contributed by atoms with E-state index in [0.29, 0.717) is 18.0 Å². The fourth-order valence-corrected chi connectivity index (χ4v) is 4.63. The number of aromatic nitrogens is 2. The first-order chi connectivity index (χ1) is 13.8. The first kappa shape index (κ1) is 19.6. The SMILES string of the molecule is CC(=O)Nc1c(OC2CCC(N)CC2)ccc2c1CC(C)(C)c1c(N)ncnc1-2. The summed E-state index contributed by atoms with van der Waals surface area (Å²) < 4.78 is 6.35. The number of nitrogen functional groups attached to an aromatic ring is 1. The zero-order valence-electron chi connectivity index (χ0n) is 17.3. The average molecular weight is 396 g/mol. The summed E-state index contributed by atoms with van der Waals surface area (Å²) in [5.41, 5.74) is 16.5. The highest BCUT2D eigenvalue weighted by atomic mass is 16.5. The van der Waals surface area contributed by atoms with Crippen LogP contribution in [-0.2, 0) is 16.6 Å². The number of fused-ring (bicyclic) bond motifs is 3. The molecule has 0 unspecified atom stereocenters. The van der Waals surface area contributed by atoms with Crippen LogP contribution in [0.25, 0.3) is 11.3 Å². The van der Waals surface area contributed by atoms with Crippen molar-refractivity contribution < 1.29 is 9.53 Å². The molecule has 0 atom stereocenters. The Morgan fingerprint density at radius 3 is 2.62 bits per heavy atom. The van der Waals surface area contributed by atoms with Gasteiger partial charge in [-0.2, -0.15) is 0 Å². The summed E-state index contributed by atoms with van der Waals surface area (Å²) in [5, 5.41) is 3.02. The molecular formula is C22H29N5O2. The van der Waals surface area contributed by atoms with E-state index < -0.39 is 0 Å². The van der Waals surface area contributed by atoms with Gasteiger partial charge in [0.25, 0.3) is 0 Å². The minimum Gasteiger partial charge on any atom is -0.488 e. The minimum atomic E-state index is -0.267. The number of carbonyl (C=O) groups excluding carboxylic acids is 1. The molecule has 4 rings (SSSR count). The van der Waals surface area contributed by atoms with Crippen LogP contribution in [0.15, 0.2) is 18.5 Å². The van der Waals surface area contributed by atoms with E-state index in [1.807, 2.05) is 12.1 Å². The maximum Gasteiger partial charge on any atom is 0.221 e. The van der Waals surface area contributed by atoms with Gasteiger partial charge in [-0.15, -0.1) is 0 Å². The molecule has 2 aromatic rings. The molecule has 154 valence electrons. The van der Waals surface area contributed by atoms with Crippen molar-refractivity contribution in [3.8, 4) is 17.0 Å². The summed E-state index contributed by atoms with van der Waals surface area (Å²) in [4.78, 5) is 20.7. The topological polar surface area (TPSA) is 116 Å². The standard InChI is InChI=1S/C22H29N5O2/c1-12(28)27-19-16-10-22(2,3)18-20(25-11-26-21(18)24)15(16)8-9-17(19)29-14-6-4-13(23)5-7-14/h8-9,11,13-14H,4-7,10,23H2,1-3H3,(H,27,28)(H2,24,25,26). The second kappa shape index (κ2) is 7.30. The van der Waals surface area contributed by atoms with Gasteiger partial charge in [-0.05, 0) is 55.2 Å². The Balaban J connectivity index is 1.80. The number of rotatable bonds is 3. The van der Waals surface area contributed by atoms with Crippen LogP contribution in [-0.4, -0.2) is 28.0 Å². The Hall–Kier alpha value is -2.67. The molecule has 5 N–H and O–H groups in total. The molecule has 0 bridgehead atoms. The van der Waals surface area contributed by atoms with E-state index in [1.165, 1.54) is 13.3 Å². The molecule has 29 heavy (non-hydrogen) atoms. The van der Waals surface area contributed by atoms with E-state index >= 15 is 0 Å². The molecule has 0 spiro atoms. The second-order valence-electron chi connectivity index (χ2n) is 8.84. The summed E-state index contributed by atoms with van der Waals surface area (Å²) in [5.74, 6) is 1.09. The van der Waals surface area contributed by atoms with Crippen molar-refractivity contribution >= 4 is 17.4 Å². The van der Waals surface area contributed by atoms with E-state index in [2.05, 4.69) is 29.1 Å². The molecule has 1 aromatic heterocycles. The summed E-state index contributed by atoms with van der Waals surface area (Å²) in [7, 11) is 0. The largest absolute Gasteiger partial charge is 0.488 e. The van der Waals surface area contributed by atoms with Gasteiger partial charge >= 0.3 is 0 Å². The van der Waals surface area contributed by atoms with Crippen LogP contribution in [0, 0.1) is 0 Å². The molecule has 1 saturated carbocycles. The lowest BCUT2D eigenvalue weighted by molar-refractivity contribution is -0.114. The number of benzene rings is 1. The third-order valence-corrected chi connectivity index (χ3v) is 6.02. The fraction of sp³-hybridized carbons (Fsp3) is 0.500. The molecule has 1 amide bonds. The van der Waals surface area contributed by atoms with Gasteiger partial charge in [0, 0.05) is 24.1 Å². The van der Waals surface area contributed by atoms with Crippen LogP contribution in [0.1, 0.15) is 57.6 Å². The van der Waals surface area contributed by atoms with Gasteiger partial charge in [-0.25, -0.2) is 9.97 Å². The van der Waals surface area contributed by atoms with Crippen molar-refractivity contribution in [2.24, 2.45) is 5.73 Å². The number of hydrogen-bond acceptors (Lipinski definition) is 6. The predicted molar refractivity (Wildman–Crippen MR) is 114 cm³/mol. The number of nitrogens with zero attached hydrogens (tertiary/aromatic N) is 2. The molecule has 2 aliphatic rings. The Labute approximate surface area is 171 Å². The Bertz CT molecular complexity index is 948. The molecule has 7 heteroatoms. The number of amides is 1. The molecule has 1 fully saturated rings. The lowest BCUT2D eigenvalue weighted by atomic mass is 9.71. The monoisotopic (exact) mass is 395 g/mol. The van der Waals surface area contributed by atoms with Crippen LogP contribution >= 0.6 is 0 Å². The maximum absolute atomic E-state index is 12.0. The maximum atomic E-state index is 12.0. The highest BCUT2D eigenvalue weighted by Crippen LogP contribution is 2.48. The van der Waals surface area contributed by atoms with Crippen molar-refractivity contribution in [1.82, 2.24) is 9.97 Å². The lowest BCUT2D eigenvalue weighted by Gasteiger charge is -2.35. The highest BCUT2D eigenvalue weighted by molar-refractivity contribution is 5.94. The normalized spacial score (nSPS) is 22.3. The number of carbonyl (C=O) groups is 1. The van der Waals surface area contributed by atoms with Crippen LogP contribution < -0.4 is 21.5 Å². The summed E-state index contributed by atoms with van der Waals surface area (Å²) in [6.45, 7) is 5.77. The number of hydrogen-bond donors (Lipinski definition) is 3. The first-order valence-corrected chi connectivity index (χ1v) is 10.2. The average Bonchev–Trinajstić information content (AvgIpc) is 2.65. The smallest absolute Gasteiger partial charge is 0.221 e. The molecule has 2 aliphatic carbocycles. The van der Waals surface area contributed by atoms with E-state index in [9.17, 15) is 4.79 Å². The van der Waals surface area contributed by atoms with Crippen molar-refractivity contribution in [1.29, 1.82) is 0 Å². The Morgan fingerprint density at radius 1 is 1.21 bits per heavy atom. The highest BCUT2D eigenvalue weighted by Gasteiger charge is 2.37. The van der Waals surface area contributed by atoms with Gasteiger partial charge in [0.1, 0.15) is 17.9 Å². The molecular weight excluding hydrogens is 366 g/mol. The summed E-state index contributed by atoms with van der Waals surface area (Å²) in [6, 6.07) is 4.21. The Morgan fingerprint density at radius 2 is 1.93 bits per heavy atom. The lowest BCUT2D eigenvalue weighted by Crippen LogP contribution is -2.32. The van der Waals surface area contributed by atoms with Gasteiger partial charge in [-0.3, -0.25) is 4.79 Å². The predicted octanol–water partition coefficient (Wildman–Crippen LogP) is 3.17. The van der Waals surface area contributed by atoms with Gasteiger partial charge in [-0.1, -0.05) is 13.8 Å². The van der Waals surface area contributed by atoms with Crippen LogP contribution in [0.5, 0.6) is 5.75 Å². The van der Waals surface area contributed by atoms with Crippen molar-refractivity contribution in [2.75, 3.05) is 11.1 Å². The second-order valence-corrected chi connectivity index (χ2v) is 8.84. The van der Waals surface area contributed by atoms with Crippen LogP contribution in [0.3, 0.4) is 0 Å². The fourth-order valence-electron chi connectivity index (χ4n) is 4.63.